The molecule has 0 unspecified atom stereocenters. The summed E-state index contributed by atoms with van der Waals surface area (Å²) in [6, 6.07) is 13.5. The minimum atomic E-state index is -0.478. The highest BCUT2D eigenvalue weighted by atomic mass is 19.1. The SMILES string of the molecule is O=C(c1ccc(F)cc1)c1cc2cnc(NC3CC3)nc2n1-c1ccccc1F. The highest BCUT2D eigenvalue weighted by Gasteiger charge is 2.24. The van der Waals surface area contributed by atoms with Crippen molar-refractivity contribution < 1.29 is 13.6 Å². The molecule has 7 heteroatoms. The van der Waals surface area contributed by atoms with Crippen LogP contribution < -0.4 is 5.32 Å². The van der Waals surface area contributed by atoms with Gasteiger partial charge in [0.25, 0.3) is 0 Å². The number of halogens is 2. The molecule has 5 nitrogen and oxygen atoms in total. The van der Waals surface area contributed by atoms with Crippen LogP contribution >= 0.6 is 0 Å². The maximum absolute atomic E-state index is 14.7. The molecule has 4 aromatic rings. The van der Waals surface area contributed by atoms with Crippen LogP contribution in [0.1, 0.15) is 28.9 Å². The minimum Gasteiger partial charge on any atom is -0.351 e. The fraction of sp³-hybridized carbons (Fsp3) is 0.136. The van der Waals surface area contributed by atoms with Crippen LogP contribution in [0.15, 0.2) is 60.8 Å². The molecule has 0 spiro atoms. The number of nitrogens with one attached hydrogen (secondary N) is 1. The molecule has 1 aliphatic carbocycles. The summed E-state index contributed by atoms with van der Waals surface area (Å²) in [5.41, 5.74) is 1.17. The monoisotopic (exact) mass is 390 g/mol. The van der Waals surface area contributed by atoms with Gasteiger partial charge in [-0.05, 0) is 55.3 Å². The Balaban J connectivity index is 1.71. The molecule has 1 fully saturated rings. The van der Waals surface area contributed by atoms with Gasteiger partial charge in [0.2, 0.25) is 11.7 Å². The van der Waals surface area contributed by atoms with Crippen molar-refractivity contribution in [1.82, 2.24) is 14.5 Å². The second-order valence-electron chi connectivity index (χ2n) is 7.04. The molecule has 5 rings (SSSR count). The van der Waals surface area contributed by atoms with E-state index in [2.05, 4.69) is 15.3 Å². The summed E-state index contributed by atoms with van der Waals surface area (Å²) < 4.78 is 29.4. The number of hydrogen-bond acceptors (Lipinski definition) is 4. The molecule has 0 atom stereocenters. The Morgan fingerprint density at radius 1 is 1.07 bits per heavy atom. The second kappa shape index (κ2) is 6.77. The largest absolute Gasteiger partial charge is 0.351 e. The first-order chi connectivity index (χ1) is 14.1. The Labute approximate surface area is 165 Å². The molecule has 1 N–H and O–H groups in total. The number of rotatable bonds is 5. The van der Waals surface area contributed by atoms with Crippen LogP contribution in [-0.4, -0.2) is 26.4 Å². The molecule has 2 aromatic heterocycles. The number of benzene rings is 2. The van der Waals surface area contributed by atoms with E-state index in [-0.39, 0.29) is 17.2 Å². The van der Waals surface area contributed by atoms with Crippen LogP contribution in [0.5, 0.6) is 0 Å². The highest BCUT2D eigenvalue weighted by molar-refractivity contribution is 6.10. The number of ketones is 1. The van der Waals surface area contributed by atoms with Crippen molar-refractivity contribution in [3.8, 4) is 5.69 Å². The van der Waals surface area contributed by atoms with E-state index in [4.69, 9.17) is 0 Å². The number of nitrogens with zero attached hydrogens (tertiary/aromatic N) is 3. The predicted octanol–water partition coefficient (Wildman–Crippen LogP) is 4.50. The number of aromatic nitrogens is 3. The van der Waals surface area contributed by atoms with Crippen LogP contribution in [0.2, 0.25) is 0 Å². The third kappa shape index (κ3) is 3.24. The molecular weight excluding hydrogens is 374 g/mol. The van der Waals surface area contributed by atoms with Crippen molar-refractivity contribution in [2.75, 3.05) is 5.32 Å². The van der Waals surface area contributed by atoms with E-state index in [9.17, 15) is 13.6 Å². The summed E-state index contributed by atoms with van der Waals surface area (Å²) in [6.07, 6.45) is 3.74. The van der Waals surface area contributed by atoms with Crippen molar-refractivity contribution >= 4 is 22.8 Å². The van der Waals surface area contributed by atoms with Gasteiger partial charge < -0.3 is 5.32 Å². The lowest BCUT2D eigenvalue weighted by molar-refractivity contribution is 0.103. The summed E-state index contributed by atoms with van der Waals surface area (Å²) >= 11 is 0. The zero-order valence-corrected chi connectivity index (χ0v) is 15.3. The van der Waals surface area contributed by atoms with Gasteiger partial charge in [0.15, 0.2) is 5.65 Å². The van der Waals surface area contributed by atoms with Crippen molar-refractivity contribution in [2.24, 2.45) is 0 Å². The molecular formula is C22H16F2N4O. The van der Waals surface area contributed by atoms with Gasteiger partial charge in [0.05, 0.1) is 11.4 Å². The van der Waals surface area contributed by atoms with Crippen LogP contribution in [0.4, 0.5) is 14.7 Å². The second-order valence-corrected chi connectivity index (χ2v) is 7.04. The third-order valence-corrected chi connectivity index (χ3v) is 4.88. The summed E-state index contributed by atoms with van der Waals surface area (Å²) in [7, 11) is 0. The number of carbonyl (C=O) groups excluding carboxylic acids is 1. The topological polar surface area (TPSA) is 59.8 Å². The van der Waals surface area contributed by atoms with Gasteiger partial charge in [-0.3, -0.25) is 9.36 Å². The van der Waals surface area contributed by atoms with E-state index in [0.29, 0.717) is 28.6 Å². The maximum atomic E-state index is 14.7. The Morgan fingerprint density at radius 2 is 1.83 bits per heavy atom. The van der Waals surface area contributed by atoms with Gasteiger partial charge in [0, 0.05) is 23.2 Å². The summed E-state index contributed by atoms with van der Waals surface area (Å²) in [4.78, 5) is 22.0. The number of hydrogen-bond donors (Lipinski definition) is 1. The quantitative estimate of drug-likeness (QED) is 0.510. The molecule has 144 valence electrons. The van der Waals surface area contributed by atoms with Crippen molar-refractivity contribution in [2.45, 2.75) is 18.9 Å². The van der Waals surface area contributed by atoms with Gasteiger partial charge in [-0.1, -0.05) is 12.1 Å². The average molecular weight is 390 g/mol. The Kier molecular flexibility index (Phi) is 4.08. The van der Waals surface area contributed by atoms with Crippen LogP contribution in [-0.2, 0) is 0 Å². The van der Waals surface area contributed by atoms with Crippen molar-refractivity contribution in [1.29, 1.82) is 0 Å². The number of anilines is 1. The van der Waals surface area contributed by atoms with Gasteiger partial charge in [-0.15, -0.1) is 0 Å². The van der Waals surface area contributed by atoms with E-state index >= 15 is 0 Å². The molecule has 0 aliphatic heterocycles. The first kappa shape index (κ1) is 17.5. The van der Waals surface area contributed by atoms with Gasteiger partial charge in [0.1, 0.15) is 11.6 Å². The van der Waals surface area contributed by atoms with E-state index in [1.54, 1.807) is 30.5 Å². The molecule has 2 heterocycles. The van der Waals surface area contributed by atoms with Gasteiger partial charge in [-0.2, -0.15) is 4.98 Å². The summed E-state index contributed by atoms with van der Waals surface area (Å²) in [5, 5.41) is 3.83. The molecule has 29 heavy (non-hydrogen) atoms. The smallest absolute Gasteiger partial charge is 0.224 e. The number of carbonyl (C=O) groups is 1. The van der Waals surface area contributed by atoms with Crippen LogP contribution in [0, 0.1) is 11.6 Å². The Morgan fingerprint density at radius 3 is 2.55 bits per heavy atom. The lowest BCUT2D eigenvalue weighted by atomic mass is 10.1. The Hall–Kier alpha value is -3.61. The fourth-order valence-corrected chi connectivity index (χ4v) is 3.26. The Bertz CT molecular complexity index is 1230. The molecule has 0 bridgehead atoms. The van der Waals surface area contributed by atoms with Crippen molar-refractivity contribution in [3.05, 3.63) is 83.7 Å². The lowest BCUT2D eigenvalue weighted by Crippen LogP contribution is -2.11. The molecule has 0 amide bonds. The first-order valence-electron chi connectivity index (χ1n) is 9.30. The summed E-state index contributed by atoms with van der Waals surface area (Å²) in [5.74, 6) is -0.828. The summed E-state index contributed by atoms with van der Waals surface area (Å²) in [6.45, 7) is 0. The van der Waals surface area contributed by atoms with E-state index < -0.39 is 11.6 Å². The number of para-hydroxylation sites is 1. The zero-order valence-electron chi connectivity index (χ0n) is 15.3. The highest BCUT2D eigenvalue weighted by Crippen LogP contribution is 2.28. The van der Waals surface area contributed by atoms with E-state index in [0.717, 1.165) is 12.8 Å². The minimum absolute atomic E-state index is 0.212. The molecule has 0 radical (unpaired) electrons. The lowest BCUT2D eigenvalue weighted by Gasteiger charge is -2.11. The van der Waals surface area contributed by atoms with Gasteiger partial charge >= 0.3 is 0 Å². The van der Waals surface area contributed by atoms with Crippen LogP contribution in [0.3, 0.4) is 0 Å². The molecule has 1 saturated carbocycles. The third-order valence-electron chi connectivity index (χ3n) is 4.88. The zero-order chi connectivity index (χ0) is 20.0. The molecule has 0 saturated heterocycles. The predicted molar refractivity (Wildman–Crippen MR) is 105 cm³/mol. The van der Waals surface area contributed by atoms with Crippen molar-refractivity contribution in [3.63, 3.8) is 0 Å². The van der Waals surface area contributed by atoms with Gasteiger partial charge in [-0.25, -0.2) is 13.8 Å². The first-order valence-corrected chi connectivity index (χ1v) is 9.30. The number of fused-ring (bicyclic) bond motifs is 1. The normalized spacial score (nSPS) is 13.6. The average Bonchev–Trinajstić information content (AvgIpc) is 3.46. The standard InChI is InChI=1S/C22H16F2N4O/c23-15-7-5-13(6-8-15)20(29)19-11-14-12-25-22(26-16-9-10-16)27-21(14)28(19)18-4-2-1-3-17(18)24/h1-8,11-12,16H,9-10H2,(H,25,26,27). The maximum Gasteiger partial charge on any atom is 0.224 e. The van der Waals surface area contributed by atoms with E-state index in [1.807, 2.05) is 0 Å². The van der Waals surface area contributed by atoms with Crippen LogP contribution in [0.25, 0.3) is 16.7 Å². The van der Waals surface area contributed by atoms with E-state index in [1.165, 1.54) is 34.9 Å². The molecule has 1 aliphatic rings. The fourth-order valence-electron chi connectivity index (χ4n) is 3.26. The molecule has 2 aromatic carbocycles.